The Hall–Kier alpha value is -0.790. The van der Waals surface area contributed by atoms with Crippen molar-refractivity contribution in [2.75, 3.05) is 0 Å². The summed E-state index contributed by atoms with van der Waals surface area (Å²) in [6.07, 6.45) is 4.04. The Morgan fingerprint density at radius 1 is 1.15 bits per heavy atom. The van der Waals surface area contributed by atoms with Crippen molar-refractivity contribution in [1.29, 1.82) is 0 Å². The van der Waals surface area contributed by atoms with Crippen molar-refractivity contribution < 1.29 is 0 Å². The van der Waals surface area contributed by atoms with Crippen LogP contribution in [0, 0.1) is 0 Å². The van der Waals surface area contributed by atoms with Crippen LogP contribution in [0.1, 0.15) is 19.4 Å². The summed E-state index contributed by atoms with van der Waals surface area (Å²) in [5.74, 6) is 0. The Kier molecular flexibility index (Phi) is 4.74. The fourth-order valence-electron chi connectivity index (χ4n) is 0.875. The fourth-order valence-corrected chi connectivity index (χ4v) is 0.875. The first-order chi connectivity index (χ1) is 5.58. The van der Waals surface area contributed by atoms with Gasteiger partial charge in [0.1, 0.15) is 0 Å². The van der Waals surface area contributed by atoms with E-state index >= 15 is 0 Å². The first-order valence-electron chi connectivity index (χ1n) is 4.11. The van der Waals surface area contributed by atoms with E-state index in [4.69, 9.17) is 5.73 Å². The molecule has 1 aromatic carbocycles. The SMILES string of the molecule is CC(C)(N)C=Cc1ccccc1.Cl. The van der Waals surface area contributed by atoms with Gasteiger partial charge in [0.05, 0.1) is 0 Å². The molecule has 1 nitrogen and oxygen atoms in total. The second-order valence-corrected chi connectivity index (χ2v) is 3.57. The van der Waals surface area contributed by atoms with Gasteiger partial charge in [0, 0.05) is 5.54 Å². The lowest BCUT2D eigenvalue weighted by atomic mass is 10.1. The van der Waals surface area contributed by atoms with E-state index in [1.807, 2.05) is 44.2 Å². The van der Waals surface area contributed by atoms with Gasteiger partial charge in [-0.1, -0.05) is 42.5 Å². The molecule has 2 heteroatoms. The molecule has 0 amide bonds. The number of benzene rings is 1. The highest BCUT2D eigenvalue weighted by atomic mass is 35.5. The van der Waals surface area contributed by atoms with E-state index < -0.39 is 0 Å². The summed E-state index contributed by atoms with van der Waals surface area (Å²) in [6, 6.07) is 10.2. The zero-order chi connectivity index (χ0) is 9.03. The van der Waals surface area contributed by atoms with E-state index in [0.29, 0.717) is 0 Å². The topological polar surface area (TPSA) is 26.0 Å². The van der Waals surface area contributed by atoms with E-state index in [9.17, 15) is 0 Å². The predicted molar refractivity (Wildman–Crippen MR) is 61.0 cm³/mol. The summed E-state index contributed by atoms with van der Waals surface area (Å²) in [4.78, 5) is 0. The zero-order valence-electron chi connectivity index (χ0n) is 8.03. The second-order valence-electron chi connectivity index (χ2n) is 3.57. The molecule has 0 saturated carbocycles. The zero-order valence-corrected chi connectivity index (χ0v) is 8.84. The highest BCUT2D eigenvalue weighted by Crippen LogP contribution is 2.05. The summed E-state index contributed by atoms with van der Waals surface area (Å²) in [5, 5.41) is 0. The standard InChI is InChI=1S/C11H15N.ClH/c1-11(2,12)9-8-10-6-4-3-5-7-10;/h3-9H,12H2,1-2H3;1H. The Labute approximate surface area is 86.1 Å². The van der Waals surface area contributed by atoms with E-state index in [1.54, 1.807) is 0 Å². The highest BCUT2D eigenvalue weighted by Gasteiger charge is 2.02. The van der Waals surface area contributed by atoms with Crippen molar-refractivity contribution in [2.24, 2.45) is 5.73 Å². The van der Waals surface area contributed by atoms with Crippen LogP contribution >= 0.6 is 12.4 Å². The van der Waals surface area contributed by atoms with Crippen molar-refractivity contribution in [3.05, 3.63) is 42.0 Å². The highest BCUT2D eigenvalue weighted by molar-refractivity contribution is 5.85. The van der Waals surface area contributed by atoms with Gasteiger partial charge in [0.25, 0.3) is 0 Å². The maximum absolute atomic E-state index is 5.80. The van der Waals surface area contributed by atoms with Gasteiger partial charge in [0.2, 0.25) is 0 Å². The Balaban J connectivity index is 0.00000144. The lowest BCUT2D eigenvalue weighted by Gasteiger charge is -2.11. The minimum absolute atomic E-state index is 0. The Bertz CT molecular complexity index is 259. The van der Waals surface area contributed by atoms with Crippen LogP contribution in [-0.2, 0) is 0 Å². The van der Waals surface area contributed by atoms with Gasteiger partial charge in [-0.05, 0) is 19.4 Å². The summed E-state index contributed by atoms with van der Waals surface area (Å²) in [6.45, 7) is 3.96. The van der Waals surface area contributed by atoms with Crippen LogP contribution in [0.5, 0.6) is 0 Å². The van der Waals surface area contributed by atoms with E-state index in [2.05, 4.69) is 12.1 Å². The molecule has 0 aromatic heterocycles. The van der Waals surface area contributed by atoms with Crippen molar-refractivity contribution >= 4 is 18.5 Å². The summed E-state index contributed by atoms with van der Waals surface area (Å²) in [7, 11) is 0. The largest absolute Gasteiger partial charge is 0.322 e. The van der Waals surface area contributed by atoms with Gasteiger partial charge in [-0.25, -0.2) is 0 Å². The van der Waals surface area contributed by atoms with Gasteiger partial charge < -0.3 is 5.73 Å². The Morgan fingerprint density at radius 3 is 2.15 bits per heavy atom. The van der Waals surface area contributed by atoms with Gasteiger partial charge in [-0.3, -0.25) is 0 Å². The smallest absolute Gasteiger partial charge is 0.0284 e. The van der Waals surface area contributed by atoms with Crippen LogP contribution in [0.15, 0.2) is 36.4 Å². The third-order valence-electron chi connectivity index (χ3n) is 1.50. The minimum Gasteiger partial charge on any atom is -0.322 e. The molecule has 0 fully saturated rings. The van der Waals surface area contributed by atoms with E-state index in [-0.39, 0.29) is 17.9 Å². The molecule has 1 rings (SSSR count). The van der Waals surface area contributed by atoms with Crippen molar-refractivity contribution in [3.8, 4) is 0 Å². The van der Waals surface area contributed by atoms with E-state index in [1.165, 1.54) is 5.56 Å². The average Bonchev–Trinajstić information content (AvgIpc) is 2.02. The monoisotopic (exact) mass is 197 g/mol. The second kappa shape index (κ2) is 5.05. The van der Waals surface area contributed by atoms with Crippen molar-refractivity contribution in [1.82, 2.24) is 0 Å². The van der Waals surface area contributed by atoms with Crippen LogP contribution < -0.4 is 5.73 Å². The van der Waals surface area contributed by atoms with Gasteiger partial charge in [-0.15, -0.1) is 12.4 Å². The van der Waals surface area contributed by atoms with E-state index in [0.717, 1.165) is 0 Å². The molecule has 0 aliphatic carbocycles. The molecular weight excluding hydrogens is 182 g/mol. The molecule has 0 saturated heterocycles. The molecule has 0 aliphatic rings. The molecule has 2 N–H and O–H groups in total. The lowest BCUT2D eigenvalue weighted by Crippen LogP contribution is -2.28. The van der Waals surface area contributed by atoms with Crippen LogP contribution in [0.3, 0.4) is 0 Å². The summed E-state index contributed by atoms with van der Waals surface area (Å²) in [5.41, 5.74) is 6.76. The van der Waals surface area contributed by atoms with Crippen LogP contribution in [-0.4, -0.2) is 5.54 Å². The number of hydrogen-bond donors (Lipinski definition) is 1. The molecule has 13 heavy (non-hydrogen) atoms. The van der Waals surface area contributed by atoms with Crippen molar-refractivity contribution in [3.63, 3.8) is 0 Å². The van der Waals surface area contributed by atoms with Crippen molar-refractivity contribution in [2.45, 2.75) is 19.4 Å². The number of hydrogen-bond acceptors (Lipinski definition) is 1. The first-order valence-corrected chi connectivity index (χ1v) is 4.11. The normalized spacial score (nSPS) is 11.3. The molecule has 0 aliphatic heterocycles. The quantitative estimate of drug-likeness (QED) is 0.776. The van der Waals surface area contributed by atoms with Crippen LogP contribution in [0.2, 0.25) is 0 Å². The molecule has 0 heterocycles. The molecular formula is C11H16ClN. The average molecular weight is 198 g/mol. The molecule has 0 spiro atoms. The molecule has 1 aromatic rings. The third kappa shape index (κ3) is 5.45. The number of nitrogens with two attached hydrogens (primary N) is 1. The van der Waals surface area contributed by atoms with Gasteiger partial charge >= 0.3 is 0 Å². The molecule has 0 atom stereocenters. The van der Waals surface area contributed by atoms with Crippen LogP contribution in [0.4, 0.5) is 0 Å². The summed E-state index contributed by atoms with van der Waals surface area (Å²) >= 11 is 0. The number of halogens is 1. The molecule has 0 radical (unpaired) electrons. The third-order valence-corrected chi connectivity index (χ3v) is 1.50. The Morgan fingerprint density at radius 2 is 1.69 bits per heavy atom. The minimum atomic E-state index is -0.226. The maximum atomic E-state index is 5.80. The summed E-state index contributed by atoms with van der Waals surface area (Å²) < 4.78 is 0. The van der Waals surface area contributed by atoms with Gasteiger partial charge in [0.15, 0.2) is 0 Å². The lowest BCUT2D eigenvalue weighted by molar-refractivity contribution is 0.657. The molecule has 72 valence electrons. The predicted octanol–water partition coefficient (Wildman–Crippen LogP) is 2.86. The number of rotatable bonds is 2. The first kappa shape index (κ1) is 12.2. The molecule has 0 bridgehead atoms. The fraction of sp³-hybridized carbons (Fsp3) is 0.273. The maximum Gasteiger partial charge on any atom is 0.0284 e. The molecule has 0 unspecified atom stereocenters. The van der Waals surface area contributed by atoms with Gasteiger partial charge in [-0.2, -0.15) is 0 Å². The van der Waals surface area contributed by atoms with Crippen LogP contribution in [0.25, 0.3) is 6.08 Å².